The number of benzene rings is 2. The fourth-order valence-corrected chi connectivity index (χ4v) is 3.57. The normalized spacial score (nSPS) is 18.3. The third-order valence-corrected chi connectivity index (χ3v) is 5.05. The van der Waals surface area contributed by atoms with Crippen molar-refractivity contribution < 1.29 is 14.7 Å². The highest BCUT2D eigenvalue weighted by atomic mass is 35.5. The standard InChI is InChI=1S/C23H17ClN2O3/c1-14-6-5-9-18(25-14)26-20(15-10-12-17(24)13-11-15)19(22(28)23(26)29)21(27)16-7-3-2-4-8-16/h2-13,20,27H,1H3/b21-19+/t20-/m0/s1. The van der Waals surface area contributed by atoms with Gasteiger partial charge in [0, 0.05) is 16.3 Å². The van der Waals surface area contributed by atoms with E-state index in [9.17, 15) is 14.7 Å². The van der Waals surface area contributed by atoms with Gasteiger partial charge in [0.25, 0.3) is 5.78 Å². The zero-order valence-electron chi connectivity index (χ0n) is 15.5. The summed E-state index contributed by atoms with van der Waals surface area (Å²) in [4.78, 5) is 31.7. The lowest BCUT2D eigenvalue weighted by Crippen LogP contribution is -2.30. The van der Waals surface area contributed by atoms with Gasteiger partial charge in [-0.2, -0.15) is 0 Å². The summed E-state index contributed by atoms with van der Waals surface area (Å²) in [6, 6.07) is 20.0. The van der Waals surface area contributed by atoms with Crippen LogP contribution in [0.5, 0.6) is 0 Å². The first-order valence-electron chi connectivity index (χ1n) is 9.03. The minimum atomic E-state index is -0.818. The lowest BCUT2D eigenvalue weighted by molar-refractivity contribution is -0.132. The van der Waals surface area contributed by atoms with Crippen LogP contribution < -0.4 is 4.90 Å². The van der Waals surface area contributed by atoms with E-state index in [0.717, 1.165) is 0 Å². The molecular formula is C23H17ClN2O3. The lowest BCUT2D eigenvalue weighted by atomic mass is 9.95. The second-order valence-electron chi connectivity index (χ2n) is 6.72. The number of hydrogen-bond acceptors (Lipinski definition) is 4. The van der Waals surface area contributed by atoms with Gasteiger partial charge in [0.1, 0.15) is 11.6 Å². The van der Waals surface area contributed by atoms with E-state index in [-0.39, 0.29) is 11.3 Å². The minimum Gasteiger partial charge on any atom is -0.507 e. The van der Waals surface area contributed by atoms with Crippen LogP contribution in [-0.2, 0) is 9.59 Å². The van der Waals surface area contributed by atoms with E-state index < -0.39 is 17.7 Å². The van der Waals surface area contributed by atoms with Crippen LogP contribution in [0.3, 0.4) is 0 Å². The van der Waals surface area contributed by atoms with Crippen LogP contribution in [0.2, 0.25) is 5.02 Å². The number of halogens is 1. The fraction of sp³-hybridized carbons (Fsp3) is 0.0870. The molecule has 5 nitrogen and oxygen atoms in total. The van der Waals surface area contributed by atoms with Crippen LogP contribution in [0.25, 0.3) is 5.76 Å². The Morgan fingerprint density at radius 1 is 0.966 bits per heavy atom. The lowest BCUT2D eigenvalue weighted by Gasteiger charge is -2.24. The number of ketones is 1. The Balaban J connectivity index is 1.96. The highest BCUT2D eigenvalue weighted by molar-refractivity contribution is 6.51. The summed E-state index contributed by atoms with van der Waals surface area (Å²) >= 11 is 6.02. The van der Waals surface area contributed by atoms with Crippen LogP contribution in [0.15, 0.2) is 78.4 Å². The molecule has 0 aliphatic carbocycles. The van der Waals surface area contributed by atoms with E-state index in [1.165, 1.54) is 4.90 Å². The van der Waals surface area contributed by atoms with Gasteiger partial charge < -0.3 is 5.11 Å². The largest absolute Gasteiger partial charge is 0.507 e. The predicted molar refractivity (Wildman–Crippen MR) is 112 cm³/mol. The molecule has 1 N–H and O–H groups in total. The monoisotopic (exact) mass is 404 g/mol. The van der Waals surface area contributed by atoms with Gasteiger partial charge in [0.2, 0.25) is 0 Å². The molecule has 3 aromatic rings. The summed E-state index contributed by atoms with van der Waals surface area (Å²) < 4.78 is 0. The first-order chi connectivity index (χ1) is 14.0. The van der Waals surface area contributed by atoms with E-state index in [2.05, 4.69) is 4.98 Å². The summed E-state index contributed by atoms with van der Waals surface area (Å²) in [7, 11) is 0. The first-order valence-corrected chi connectivity index (χ1v) is 9.40. The molecule has 0 saturated carbocycles. The summed E-state index contributed by atoms with van der Waals surface area (Å²) in [5, 5.41) is 11.5. The zero-order valence-corrected chi connectivity index (χ0v) is 16.3. The number of aryl methyl sites for hydroxylation is 1. The molecule has 0 unspecified atom stereocenters. The Bertz CT molecular complexity index is 1120. The average molecular weight is 405 g/mol. The van der Waals surface area contributed by atoms with Crippen molar-refractivity contribution in [3.63, 3.8) is 0 Å². The van der Waals surface area contributed by atoms with Crippen molar-refractivity contribution in [2.45, 2.75) is 13.0 Å². The highest BCUT2D eigenvalue weighted by Gasteiger charge is 2.47. The van der Waals surface area contributed by atoms with E-state index in [1.807, 2.05) is 6.07 Å². The van der Waals surface area contributed by atoms with E-state index in [0.29, 0.717) is 27.7 Å². The van der Waals surface area contributed by atoms with Crippen molar-refractivity contribution >= 4 is 34.9 Å². The van der Waals surface area contributed by atoms with E-state index >= 15 is 0 Å². The van der Waals surface area contributed by atoms with Crippen LogP contribution in [0, 0.1) is 6.92 Å². The second kappa shape index (κ2) is 7.53. The molecule has 6 heteroatoms. The number of Topliss-reactive ketones (excluding diaryl/α,β-unsaturated/α-hetero) is 1. The number of rotatable bonds is 3. The fourth-order valence-electron chi connectivity index (χ4n) is 3.44. The van der Waals surface area contributed by atoms with Crippen molar-refractivity contribution in [1.29, 1.82) is 0 Å². The maximum Gasteiger partial charge on any atom is 0.301 e. The maximum atomic E-state index is 13.0. The van der Waals surface area contributed by atoms with Gasteiger partial charge in [-0.3, -0.25) is 14.5 Å². The molecule has 0 spiro atoms. The predicted octanol–water partition coefficient (Wildman–Crippen LogP) is 4.67. The van der Waals surface area contributed by atoms with Crippen LogP contribution in [0.1, 0.15) is 22.9 Å². The topological polar surface area (TPSA) is 70.5 Å². The third kappa shape index (κ3) is 3.41. The number of aromatic nitrogens is 1. The molecule has 1 amide bonds. The van der Waals surface area contributed by atoms with Crippen molar-refractivity contribution in [3.8, 4) is 0 Å². The molecule has 1 saturated heterocycles. The van der Waals surface area contributed by atoms with Crippen molar-refractivity contribution in [2.24, 2.45) is 0 Å². The zero-order chi connectivity index (χ0) is 20.5. The molecule has 2 heterocycles. The van der Waals surface area contributed by atoms with E-state index in [1.54, 1.807) is 73.7 Å². The summed E-state index contributed by atoms with van der Waals surface area (Å²) in [5.41, 5.74) is 1.84. The highest BCUT2D eigenvalue weighted by Crippen LogP contribution is 2.41. The Labute approximate surface area is 172 Å². The molecule has 1 atom stereocenters. The number of aliphatic hydroxyl groups excluding tert-OH is 1. The van der Waals surface area contributed by atoms with Gasteiger partial charge in [-0.1, -0.05) is 60.1 Å². The molecule has 144 valence electrons. The Morgan fingerprint density at radius 2 is 1.66 bits per heavy atom. The maximum absolute atomic E-state index is 13.0. The Kier molecular flexibility index (Phi) is 4.91. The van der Waals surface area contributed by atoms with Crippen LogP contribution in [0.4, 0.5) is 5.82 Å². The summed E-state index contributed by atoms with van der Waals surface area (Å²) in [5.74, 6) is -1.37. The number of hydrogen-bond donors (Lipinski definition) is 1. The number of amides is 1. The van der Waals surface area contributed by atoms with Gasteiger partial charge in [0.05, 0.1) is 11.6 Å². The van der Waals surface area contributed by atoms with Gasteiger partial charge in [-0.05, 0) is 36.8 Å². The number of carbonyl (C=O) groups excluding carboxylic acids is 2. The second-order valence-corrected chi connectivity index (χ2v) is 7.16. The quantitative estimate of drug-likeness (QED) is 0.391. The number of nitrogens with zero attached hydrogens (tertiary/aromatic N) is 2. The number of anilines is 1. The number of pyridine rings is 1. The minimum absolute atomic E-state index is 0.0202. The molecule has 0 bridgehead atoms. The Morgan fingerprint density at radius 3 is 2.31 bits per heavy atom. The Hall–Kier alpha value is -3.44. The molecule has 29 heavy (non-hydrogen) atoms. The van der Waals surface area contributed by atoms with Gasteiger partial charge >= 0.3 is 5.91 Å². The molecule has 0 radical (unpaired) electrons. The van der Waals surface area contributed by atoms with Crippen molar-refractivity contribution in [3.05, 3.63) is 100 Å². The molecule has 1 aliphatic rings. The van der Waals surface area contributed by atoms with Crippen LogP contribution in [-0.4, -0.2) is 21.8 Å². The first kappa shape index (κ1) is 18.9. The van der Waals surface area contributed by atoms with Crippen LogP contribution >= 0.6 is 11.6 Å². The van der Waals surface area contributed by atoms with E-state index in [4.69, 9.17) is 11.6 Å². The molecule has 4 rings (SSSR count). The van der Waals surface area contributed by atoms with Crippen molar-refractivity contribution in [1.82, 2.24) is 4.98 Å². The van der Waals surface area contributed by atoms with Crippen molar-refractivity contribution in [2.75, 3.05) is 4.90 Å². The molecule has 1 fully saturated rings. The number of aliphatic hydroxyl groups is 1. The number of carbonyl (C=O) groups is 2. The molecule has 1 aliphatic heterocycles. The van der Waals surface area contributed by atoms with Gasteiger partial charge in [-0.25, -0.2) is 4.98 Å². The summed E-state index contributed by atoms with van der Waals surface area (Å²) in [6.07, 6.45) is 0. The molecule has 2 aromatic carbocycles. The van der Waals surface area contributed by atoms with Gasteiger partial charge in [0.15, 0.2) is 0 Å². The third-order valence-electron chi connectivity index (χ3n) is 4.80. The molecule has 1 aromatic heterocycles. The smallest absolute Gasteiger partial charge is 0.301 e. The summed E-state index contributed by atoms with van der Waals surface area (Å²) in [6.45, 7) is 1.81. The SMILES string of the molecule is Cc1cccc(N2C(=O)C(=O)/C(=C(/O)c3ccccc3)[C@@H]2c2ccc(Cl)cc2)n1. The molecular weight excluding hydrogens is 388 g/mol. The van der Waals surface area contributed by atoms with Gasteiger partial charge in [-0.15, -0.1) is 0 Å². The average Bonchev–Trinajstić information content (AvgIpc) is 2.99.